The Morgan fingerprint density at radius 3 is 2.78 bits per heavy atom. The fraction of sp³-hybridized carbons (Fsp3) is 0.273. The molecule has 0 fully saturated rings. The standard InChI is InChI=1S/C11H9FN2O4/c1-2-18-11(15)8(6-13)7-3-4-10(14(16)17)9(12)5-7/h3-5,8H,2H2,1H3. The van der Waals surface area contributed by atoms with Gasteiger partial charge in [0.2, 0.25) is 5.82 Å². The number of benzene rings is 1. The van der Waals surface area contributed by atoms with Gasteiger partial charge in [-0.15, -0.1) is 0 Å². The summed E-state index contributed by atoms with van der Waals surface area (Å²) in [6, 6.07) is 4.53. The van der Waals surface area contributed by atoms with E-state index >= 15 is 0 Å². The lowest BCUT2D eigenvalue weighted by atomic mass is 10.0. The summed E-state index contributed by atoms with van der Waals surface area (Å²) in [4.78, 5) is 20.9. The first-order valence-corrected chi connectivity index (χ1v) is 5.01. The zero-order valence-electron chi connectivity index (χ0n) is 9.42. The van der Waals surface area contributed by atoms with E-state index in [0.717, 1.165) is 18.2 Å². The van der Waals surface area contributed by atoms with E-state index in [1.807, 2.05) is 0 Å². The number of esters is 1. The predicted octanol–water partition coefficient (Wildman–Crippen LogP) is 1.90. The number of nitro groups is 1. The molecule has 0 aliphatic heterocycles. The van der Waals surface area contributed by atoms with Crippen LogP contribution in [0.2, 0.25) is 0 Å². The van der Waals surface area contributed by atoms with Crippen LogP contribution in [0.1, 0.15) is 18.4 Å². The molecular weight excluding hydrogens is 243 g/mol. The summed E-state index contributed by atoms with van der Waals surface area (Å²) >= 11 is 0. The number of rotatable bonds is 4. The Bertz CT molecular complexity index is 524. The fourth-order valence-corrected chi connectivity index (χ4v) is 1.34. The van der Waals surface area contributed by atoms with Gasteiger partial charge in [0.25, 0.3) is 0 Å². The summed E-state index contributed by atoms with van der Waals surface area (Å²) in [7, 11) is 0. The molecule has 0 spiro atoms. The first kappa shape index (κ1) is 13.6. The van der Waals surface area contributed by atoms with Gasteiger partial charge in [-0.05, 0) is 18.6 Å². The smallest absolute Gasteiger partial charge is 0.327 e. The van der Waals surface area contributed by atoms with Crippen molar-refractivity contribution in [2.24, 2.45) is 0 Å². The first-order valence-electron chi connectivity index (χ1n) is 5.01. The van der Waals surface area contributed by atoms with Gasteiger partial charge in [-0.25, -0.2) is 0 Å². The van der Waals surface area contributed by atoms with Gasteiger partial charge < -0.3 is 4.74 Å². The predicted molar refractivity (Wildman–Crippen MR) is 58.0 cm³/mol. The Kier molecular flexibility index (Phi) is 4.32. The van der Waals surface area contributed by atoms with Gasteiger partial charge in [-0.3, -0.25) is 14.9 Å². The summed E-state index contributed by atoms with van der Waals surface area (Å²) in [5.74, 6) is -3.20. The molecule has 1 aromatic carbocycles. The summed E-state index contributed by atoms with van der Waals surface area (Å²) in [5.41, 5.74) is -0.682. The van der Waals surface area contributed by atoms with Crippen molar-refractivity contribution < 1.29 is 18.8 Å². The molecule has 0 amide bonds. The van der Waals surface area contributed by atoms with Gasteiger partial charge in [0, 0.05) is 6.07 Å². The molecule has 1 rings (SSSR count). The zero-order chi connectivity index (χ0) is 13.7. The highest BCUT2D eigenvalue weighted by Crippen LogP contribution is 2.23. The van der Waals surface area contributed by atoms with Crippen LogP contribution >= 0.6 is 0 Å². The third-order valence-corrected chi connectivity index (χ3v) is 2.15. The lowest BCUT2D eigenvalue weighted by molar-refractivity contribution is -0.387. The molecule has 0 N–H and O–H groups in total. The van der Waals surface area contributed by atoms with Crippen molar-refractivity contribution in [2.75, 3.05) is 6.61 Å². The molecule has 1 aromatic rings. The van der Waals surface area contributed by atoms with Gasteiger partial charge in [-0.1, -0.05) is 6.07 Å². The molecule has 18 heavy (non-hydrogen) atoms. The number of nitrogens with zero attached hydrogens (tertiary/aromatic N) is 2. The van der Waals surface area contributed by atoms with Gasteiger partial charge in [0.15, 0.2) is 5.92 Å². The molecule has 0 saturated carbocycles. The number of carbonyl (C=O) groups is 1. The first-order chi connectivity index (χ1) is 8.51. The van der Waals surface area contributed by atoms with Gasteiger partial charge in [0.05, 0.1) is 17.6 Å². The Hall–Kier alpha value is -2.49. The highest BCUT2D eigenvalue weighted by molar-refractivity contribution is 5.81. The second kappa shape index (κ2) is 5.72. The normalized spacial score (nSPS) is 11.4. The van der Waals surface area contributed by atoms with Crippen LogP contribution in [0.15, 0.2) is 18.2 Å². The monoisotopic (exact) mass is 252 g/mol. The van der Waals surface area contributed by atoms with E-state index in [-0.39, 0.29) is 12.2 Å². The number of hydrogen-bond donors (Lipinski definition) is 0. The molecule has 1 unspecified atom stereocenters. The van der Waals surface area contributed by atoms with Crippen LogP contribution in [-0.2, 0) is 9.53 Å². The summed E-state index contributed by atoms with van der Waals surface area (Å²) in [6.45, 7) is 1.66. The second-order valence-corrected chi connectivity index (χ2v) is 3.28. The van der Waals surface area contributed by atoms with Gasteiger partial charge in [-0.2, -0.15) is 9.65 Å². The van der Waals surface area contributed by atoms with Crippen LogP contribution in [-0.4, -0.2) is 17.5 Å². The van der Waals surface area contributed by atoms with E-state index in [4.69, 9.17) is 5.26 Å². The Balaban J connectivity index is 3.10. The van der Waals surface area contributed by atoms with Crippen LogP contribution in [0.4, 0.5) is 10.1 Å². The zero-order valence-corrected chi connectivity index (χ0v) is 9.42. The van der Waals surface area contributed by atoms with Crippen molar-refractivity contribution in [3.05, 3.63) is 39.7 Å². The highest BCUT2D eigenvalue weighted by Gasteiger charge is 2.24. The minimum absolute atomic E-state index is 0.0269. The summed E-state index contributed by atoms with van der Waals surface area (Å²) in [6.07, 6.45) is 0. The molecule has 0 heterocycles. The molecule has 0 aromatic heterocycles. The van der Waals surface area contributed by atoms with E-state index in [1.54, 1.807) is 13.0 Å². The van der Waals surface area contributed by atoms with E-state index in [0.29, 0.717) is 0 Å². The maximum Gasteiger partial charge on any atom is 0.327 e. The second-order valence-electron chi connectivity index (χ2n) is 3.28. The average molecular weight is 252 g/mol. The van der Waals surface area contributed by atoms with Crippen molar-refractivity contribution in [2.45, 2.75) is 12.8 Å². The van der Waals surface area contributed by atoms with Gasteiger partial charge in [0.1, 0.15) is 0 Å². The number of halogens is 1. The van der Waals surface area contributed by atoms with Crippen LogP contribution < -0.4 is 0 Å². The van der Waals surface area contributed by atoms with Crippen LogP contribution in [0.5, 0.6) is 0 Å². The summed E-state index contributed by atoms with van der Waals surface area (Å²) < 4.78 is 18.0. The van der Waals surface area contributed by atoms with Crippen molar-refractivity contribution in [1.82, 2.24) is 0 Å². The van der Waals surface area contributed by atoms with E-state index < -0.39 is 28.3 Å². The molecule has 94 valence electrons. The number of hydrogen-bond acceptors (Lipinski definition) is 5. The SMILES string of the molecule is CCOC(=O)C(C#N)c1ccc([N+](=O)[O-])c(F)c1. The largest absolute Gasteiger partial charge is 0.465 e. The number of ether oxygens (including phenoxy) is 1. The molecule has 0 aliphatic carbocycles. The Morgan fingerprint density at radius 1 is 1.67 bits per heavy atom. The molecule has 1 atom stereocenters. The van der Waals surface area contributed by atoms with Crippen LogP contribution in [0, 0.1) is 27.3 Å². The maximum absolute atomic E-state index is 13.3. The quantitative estimate of drug-likeness (QED) is 0.463. The molecule has 0 aliphatic rings. The minimum Gasteiger partial charge on any atom is -0.465 e. The van der Waals surface area contributed by atoms with Crippen molar-refractivity contribution in [3.63, 3.8) is 0 Å². The molecule has 0 radical (unpaired) electrons. The van der Waals surface area contributed by atoms with Crippen LogP contribution in [0.25, 0.3) is 0 Å². The number of nitro benzene ring substituents is 1. The van der Waals surface area contributed by atoms with E-state index in [1.165, 1.54) is 0 Å². The third-order valence-electron chi connectivity index (χ3n) is 2.15. The molecular formula is C11H9FN2O4. The summed E-state index contributed by atoms with van der Waals surface area (Å²) in [5, 5.41) is 19.3. The van der Waals surface area contributed by atoms with Crippen LogP contribution in [0.3, 0.4) is 0 Å². The lowest BCUT2D eigenvalue weighted by Crippen LogP contribution is -2.14. The molecule has 0 saturated heterocycles. The lowest BCUT2D eigenvalue weighted by Gasteiger charge is -2.08. The molecule has 6 nitrogen and oxygen atoms in total. The van der Waals surface area contributed by atoms with Gasteiger partial charge >= 0.3 is 11.7 Å². The Labute approximate surface area is 102 Å². The highest BCUT2D eigenvalue weighted by atomic mass is 19.1. The topological polar surface area (TPSA) is 93.2 Å². The molecule has 0 bridgehead atoms. The average Bonchev–Trinajstić information content (AvgIpc) is 2.29. The Morgan fingerprint density at radius 2 is 2.33 bits per heavy atom. The van der Waals surface area contributed by atoms with Crippen molar-refractivity contribution >= 4 is 11.7 Å². The number of nitriles is 1. The fourth-order valence-electron chi connectivity index (χ4n) is 1.34. The van der Waals surface area contributed by atoms with Crippen molar-refractivity contribution in [3.8, 4) is 6.07 Å². The maximum atomic E-state index is 13.3. The number of carbonyl (C=O) groups excluding carboxylic acids is 1. The minimum atomic E-state index is -1.29. The molecule has 7 heteroatoms. The van der Waals surface area contributed by atoms with Crippen molar-refractivity contribution in [1.29, 1.82) is 5.26 Å². The third kappa shape index (κ3) is 2.79. The van der Waals surface area contributed by atoms with E-state index in [2.05, 4.69) is 4.74 Å². The van der Waals surface area contributed by atoms with E-state index in [9.17, 15) is 19.3 Å².